The zero-order valence-electron chi connectivity index (χ0n) is 4.97. The van der Waals surface area contributed by atoms with Gasteiger partial charge in [-0.15, -0.1) is 11.3 Å². The van der Waals surface area contributed by atoms with Gasteiger partial charge in [-0.3, -0.25) is 0 Å². The molecule has 1 aromatic rings. The first kappa shape index (κ1) is 3.50. The van der Waals surface area contributed by atoms with Crippen molar-refractivity contribution in [3.8, 4) is 5.06 Å². The molecule has 0 saturated heterocycles. The summed E-state index contributed by atoms with van der Waals surface area (Å²) in [4.78, 5) is 0. The van der Waals surface area contributed by atoms with E-state index in [0.717, 1.165) is 5.06 Å². The van der Waals surface area contributed by atoms with Crippen molar-refractivity contribution in [1.29, 1.82) is 0 Å². The molecule has 0 spiro atoms. The van der Waals surface area contributed by atoms with Gasteiger partial charge in [0.2, 0.25) is 0 Å². The summed E-state index contributed by atoms with van der Waals surface area (Å²) in [6, 6.07) is 3.50. The number of methoxy groups -OCH3 is 1. The zero-order valence-corrected chi connectivity index (χ0v) is 4.79. The Morgan fingerprint density at radius 1 is 2.00 bits per heavy atom. The number of hydrogen-bond donors (Lipinski definition) is 0. The molecule has 0 amide bonds. The fourth-order valence-corrected chi connectivity index (χ4v) is 0.810. The first-order chi connectivity index (χ1) is 3.83. The van der Waals surface area contributed by atoms with Crippen LogP contribution in [-0.2, 0) is 0 Å². The minimum atomic E-state index is 0.543. The molecule has 0 saturated carbocycles. The van der Waals surface area contributed by atoms with E-state index < -0.39 is 0 Å². The SMILES string of the molecule is [2H]c1ccc(OC)s1. The van der Waals surface area contributed by atoms with Crippen molar-refractivity contribution >= 4 is 11.3 Å². The van der Waals surface area contributed by atoms with Crippen molar-refractivity contribution in [2.75, 3.05) is 7.11 Å². The minimum Gasteiger partial charge on any atom is -0.487 e. The Balaban J connectivity index is 2.84. The molecular formula is C5H6OS. The molecule has 38 valence electrons. The largest absolute Gasteiger partial charge is 0.487 e. The van der Waals surface area contributed by atoms with E-state index >= 15 is 0 Å². The van der Waals surface area contributed by atoms with Crippen molar-refractivity contribution in [1.82, 2.24) is 0 Å². The second-order valence-corrected chi connectivity index (χ2v) is 1.92. The van der Waals surface area contributed by atoms with Crippen LogP contribution in [0.25, 0.3) is 0 Å². The summed E-state index contributed by atoms with van der Waals surface area (Å²) in [5.74, 6) is 0. The Kier molecular flexibility index (Phi) is 0.989. The zero-order chi connectivity index (χ0) is 5.98. The number of hydrogen-bond acceptors (Lipinski definition) is 2. The van der Waals surface area contributed by atoms with Crippen LogP contribution < -0.4 is 4.74 Å². The predicted molar refractivity (Wildman–Crippen MR) is 30.9 cm³/mol. The highest BCUT2D eigenvalue weighted by Gasteiger charge is 1.83. The molecule has 2 heteroatoms. The van der Waals surface area contributed by atoms with Gasteiger partial charge in [0.15, 0.2) is 5.06 Å². The van der Waals surface area contributed by atoms with Crippen LogP contribution in [0, 0.1) is 0 Å². The van der Waals surface area contributed by atoms with E-state index in [1.54, 1.807) is 19.2 Å². The Hall–Kier alpha value is -0.500. The van der Waals surface area contributed by atoms with Gasteiger partial charge in [0, 0.05) is 0 Å². The maximum atomic E-state index is 7.06. The Morgan fingerprint density at radius 2 is 2.86 bits per heavy atom. The minimum absolute atomic E-state index is 0.543. The Morgan fingerprint density at radius 3 is 3.14 bits per heavy atom. The molecule has 0 bridgehead atoms. The average Bonchev–Trinajstić information content (AvgIpc) is 2.14. The van der Waals surface area contributed by atoms with Crippen LogP contribution >= 0.6 is 11.3 Å². The first-order valence-electron chi connectivity index (χ1n) is 2.43. The van der Waals surface area contributed by atoms with Crippen LogP contribution in [0.2, 0.25) is 0 Å². The van der Waals surface area contributed by atoms with E-state index in [1.807, 2.05) is 0 Å². The monoisotopic (exact) mass is 115 g/mol. The molecule has 1 heterocycles. The lowest BCUT2D eigenvalue weighted by molar-refractivity contribution is 0.427. The van der Waals surface area contributed by atoms with E-state index in [2.05, 4.69) is 0 Å². The van der Waals surface area contributed by atoms with Crippen LogP contribution in [0.4, 0.5) is 0 Å². The van der Waals surface area contributed by atoms with Crippen molar-refractivity contribution < 1.29 is 6.11 Å². The van der Waals surface area contributed by atoms with Gasteiger partial charge in [-0.1, -0.05) is 0 Å². The van der Waals surface area contributed by atoms with Crippen molar-refractivity contribution in [2.24, 2.45) is 0 Å². The predicted octanol–water partition coefficient (Wildman–Crippen LogP) is 1.76. The molecule has 0 aliphatic rings. The summed E-state index contributed by atoms with van der Waals surface area (Å²) in [5, 5.41) is 1.34. The molecule has 0 N–H and O–H groups in total. The fourth-order valence-electron chi connectivity index (χ4n) is 0.338. The average molecular weight is 115 g/mol. The van der Waals surface area contributed by atoms with Crippen molar-refractivity contribution in [2.45, 2.75) is 0 Å². The molecule has 0 aromatic carbocycles. The van der Waals surface area contributed by atoms with Gasteiger partial charge in [-0.2, -0.15) is 0 Å². The lowest BCUT2D eigenvalue weighted by atomic mass is 10.7. The third-order valence-electron chi connectivity index (χ3n) is 0.648. The van der Waals surface area contributed by atoms with E-state index in [0.29, 0.717) is 5.36 Å². The second kappa shape index (κ2) is 1.98. The third-order valence-corrected chi connectivity index (χ3v) is 1.41. The molecule has 0 fully saturated rings. The molecule has 0 aliphatic carbocycles. The second-order valence-electron chi connectivity index (χ2n) is 1.08. The molecule has 0 atom stereocenters. The number of ether oxygens (including phenoxy) is 1. The molecule has 0 unspecified atom stereocenters. The summed E-state index contributed by atoms with van der Waals surface area (Å²) in [6.07, 6.45) is 0. The molecule has 0 aliphatic heterocycles. The summed E-state index contributed by atoms with van der Waals surface area (Å²) in [6.45, 7) is 0. The molecule has 0 radical (unpaired) electrons. The van der Waals surface area contributed by atoms with E-state index in [9.17, 15) is 0 Å². The molecular weight excluding hydrogens is 108 g/mol. The molecule has 1 aromatic heterocycles. The standard InChI is InChI=1S/C5H6OS/c1-6-5-3-2-4-7-5/h2-4H,1H3/i4D. The van der Waals surface area contributed by atoms with Crippen molar-refractivity contribution in [3.05, 3.63) is 17.5 Å². The lowest BCUT2D eigenvalue weighted by Gasteiger charge is -1.86. The first-order valence-corrected chi connectivity index (χ1v) is 2.75. The summed E-state index contributed by atoms with van der Waals surface area (Å²) >= 11 is 1.33. The smallest absolute Gasteiger partial charge is 0.173 e. The normalized spacial score (nSPS) is 10.7. The number of rotatable bonds is 1. The quantitative estimate of drug-likeness (QED) is 0.542. The van der Waals surface area contributed by atoms with Crippen molar-refractivity contribution in [3.63, 3.8) is 0 Å². The van der Waals surface area contributed by atoms with Crippen LogP contribution in [0.15, 0.2) is 17.5 Å². The van der Waals surface area contributed by atoms with Crippen LogP contribution in [-0.4, -0.2) is 7.11 Å². The maximum absolute atomic E-state index is 7.06. The lowest BCUT2D eigenvalue weighted by Crippen LogP contribution is -1.72. The van der Waals surface area contributed by atoms with Gasteiger partial charge in [0.25, 0.3) is 0 Å². The van der Waals surface area contributed by atoms with Crippen LogP contribution in [0.1, 0.15) is 1.37 Å². The highest BCUT2D eigenvalue weighted by molar-refractivity contribution is 7.11. The molecule has 1 nitrogen and oxygen atoms in total. The van der Waals surface area contributed by atoms with Gasteiger partial charge in [-0.25, -0.2) is 0 Å². The molecule has 1 rings (SSSR count). The van der Waals surface area contributed by atoms with Gasteiger partial charge >= 0.3 is 0 Å². The highest BCUT2D eigenvalue weighted by atomic mass is 32.1. The number of thiophene rings is 1. The third kappa shape index (κ3) is 0.933. The summed E-state index contributed by atoms with van der Waals surface area (Å²) in [7, 11) is 1.60. The maximum Gasteiger partial charge on any atom is 0.173 e. The van der Waals surface area contributed by atoms with Gasteiger partial charge in [-0.05, 0) is 17.5 Å². The highest BCUT2D eigenvalue weighted by Crippen LogP contribution is 2.16. The van der Waals surface area contributed by atoms with Crippen LogP contribution in [0.3, 0.4) is 0 Å². The Bertz CT molecular complexity index is 173. The summed E-state index contributed by atoms with van der Waals surface area (Å²) in [5.41, 5.74) is 0. The fraction of sp³-hybridized carbons (Fsp3) is 0.200. The van der Waals surface area contributed by atoms with E-state index in [1.165, 1.54) is 11.3 Å². The topological polar surface area (TPSA) is 9.23 Å². The van der Waals surface area contributed by atoms with Gasteiger partial charge < -0.3 is 4.74 Å². The molecule has 7 heavy (non-hydrogen) atoms. The van der Waals surface area contributed by atoms with E-state index in [-0.39, 0.29) is 0 Å². The van der Waals surface area contributed by atoms with Gasteiger partial charge in [0.05, 0.1) is 8.48 Å². The van der Waals surface area contributed by atoms with E-state index in [4.69, 9.17) is 6.11 Å². The van der Waals surface area contributed by atoms with Crippen LogP contribution in [0.5, 0.6) is 5.06 Å². The van der Waals surface area contributed by atoms with Gasteiger partial charge in [0.1, 0.15) is 0 Å². The summed E-state index contributed by atoms with van der Waals surface area (Å²) < 4.78 is 11.9. The Labute approximate surface area is 48.0 Å².